The van der Waals surface area contributed by atoms with Crippen LogP contribution in [0.5, 0.6) is 0 Å². The lowest BCUT2D eigenvalue weighted by Crippen LogP contribution is -2.41. The molecule has 3 unspecified atom stereocenters. The first-order chi connectivity index (χ1) is 12.5. The molecule has 6 heteroatoms. The van der Waals surface area contributed by atoms with E-state index >= 15 is 0 Å². The van der Waals surface area contributed by atoms with Crippen molar-refractivity contribution in [3.8, 4) is 0 Å². The average molecular weight is 350 g/mol. The summed E-state index contributed by atoms with van der Waals surface area (Å²) in [6, 6.07) is 11.8. The first-order valence-electron chi connectivity index (χ1n) is 9.25. The van der Waals surface area contributed by atoms with Gasteiger partial charge in [-0.25, -0.2) is 0 Å². The Bertz CT molecular complexity index is 816. The van der Waals surface area contributed by atoms with E-state index in [0.29, 0.717) is 18.0 Å². The monoisotopic (exact) mass is 350 g/mol. The van der Waals surface area contributed by atoms with E-state index in [1.165, 1.54) is 24.0 Å². The molecule has 1 fully saturated rings. The highest BCUT2D eigenvalue weighted by Crippen LogP contribution is 2.42. The number of hydrogen-bond acceptors (Lipinski definition) is 6. The Morgan fingerprint density at radius 2 is 1.88 bits per heavy atom. The lowest BCUT2D eigenvalue weighted by atomic mass is 9.93. The summed E-state index contributed by atoms with van der Waals surface area (Å²) in [6.45, 7) is 2.18. The lowest BCUT2D eigenvalue weighted by Gasteiger charge is -2.38. The maximum Gasteiger partial charge on any atom is 0.229 e. The van der Waals surface area contributed by atoms with Gasteiger partial charge in [-0.15, -0.1) is 0 Å². The molecule has 2 N–H and O–H groups in total. The quantitative estimate of drug-likeness (QED) is 0.914. The lowest BCUT2D eigenvalue weighted by molar-refractivity contribution is 0.149. The number of nitrogen functional groups attached to an aromatic ring is 1. The highest BCUT2D eigenvalue weighted by Gasteiger charge is 2.40. The van der Waals surface area contributed by atoms with Crippen LogP contribution in [0.2, 0.25) is 0 Å². The molecule has 1 saturated heterocycles. The minimum atomic E-state index is 0.116. The molecule has 1 aromatic heterocycles. The summed E-state index contributed by atoms with van der Waals surface area (Å²) in [5.41, 5.74) is 8.74. The predicted octanol–water partition coefficient (Wildman–Crippen LogP) is 2.90. The molecule has 2 aliphatic rings. The molecule has 2 bridgehead atoms. The largest absolute Gasteiger partial charge is 0.368 e. The number of rotatable bonds is 4. The molecule has 2 aromatic rings. The summed E-state index contributed by atoms with van der Waals surface area (Å²) >= 11 is 0. The maximum atomic E-state index is 5.93. The Kier molecular flexibility index (Phi) is 4.36. The molecule has 3 atom stereocenters. The molecule has 0 radical (unpaired) electrons. The second-order valence-corrected chi connectivity index (χ2v) is 7.43. The van der Waals surface area contributed by atoms with Crippen LogP contribution in [0.1, 0.15) is 43.6 Å². The molecular formula is C20H26N6. The molecule has 136 valence electrons. The van der Waals surface area contributed by atoms with Crippen molar-refractivity contribution >= 4 is 17.5 Å². The SMILES string of the molecule is CC(c1nc(N)nc(N(C)C)n1)N1C2C=C(c3ccccc3)CC1CC2. The molecule has 0 aliphatic carbocycles. The van der Waals surface area contributed by atoms with E-state index in [1.54, 1.807) is 0 Å². The third kappa shape index (κ3) is 3.05. The van der Waals surface area contributed by atoms with Gasteiger partial charge in [0.2, 0.25) is 11.9 Å². The summed E-state index contributed by atoms with van der Waals surface area (Å²) in [5, 5.41) is 0. The van der Waals surface area contributed by atoms with Crippen molar-refractivity contribution in [1.29, 1.82) is 0 Å². The zero-order chi connectivity index (χ0) is 18.3. The molecule has 0 amide bonds. The van der Waals surface area contributed by atoms with Gasteiger partial charge in [-0.2, -0.15) is 15.0 Å². The van der Waals surface area contributed by atoms with Gasteiger partial charge < -0.3 is 10.6 Å². The molecule has 26 heavy (non-hydrogen) atoms. The molecular weight excluding hydrogens is 324 g/mol. The van der Waals surface area contributed by atoms with Crippen molar-refractivity contribution in [2.24, 2.45) is 0 Å². The van der Waals surface area contributed by atoms with Gasteiger partial charge in [-0.3, -0.25) is 4.90 Å². The van der Waals surface area contributed by atoms with E-state index in [4.69, 9.17) is 5.73 Å². The van der Waals surface area contributed by atoms with Crippen LogP contribution in [0, 0.1) is 0 Å². The summed E-state index contributed by atoms with van der Waals surface area (Å²) < 4.78 is 0. The van der Waals surface area contributed by atoms with E-state index in [9.17, 15) is 0 Å². The van der Waals surface area contributed by atoms with E-state index in [1.807, 2.05) is 19.0 Å². The second kappa shape index (κ2) is 6.68. The topological polar surface area (TPSA) is 71.2 Å². The van der Waals surface area contributed by atoms with Gasteiger partial charge in [0, 0.05) is 26.2 Å². The normalized spacial score (nSPS) is 23.6. The van der Waals surface area contributed by atoms with Gasteiger partial charge in [0.25, 0.3) is 0 Å². The minimum absolute atomic E-state index is 0.116. The number of nitrogens with two attached hydrogens (primary N) is 1. The molecule has 6 nitrogen and oxygen atoms in total. The number of benzene rings is 1. The standard InChI is InChI=1S/C20H26N6/c1-13(18-22-19(21)24-20(23-18)25(2)3)26-16-9-10-17(26)12-15(11-16)14-7-5-4-6-8-14/h4-8,11,13,16-17H,9-10,12H2,1-3H3,(H2,21,22,23,24). The van der Waals surface area contributed by atoms with Crippen molar-refractivity contribution in [2.45, 2.75) is 44.3 Å². The average Bonchev–Trinajstić information content (AvgIpc) is 2.90. The number of anilines is 2. The van der Waals surface area contributed by atoms with E-state index in [0.717, 1.165) is 12.2 Å². The fraction of sp³-hybridized carbons (Fsp3) is 0.450. The van der Waals surface area contributed by atoms with Gasteiger partial charge in [0.05, 0.1) is 6.04 Å². The molecule has 0 saturated carbocycles. The minimum Gasteiger partial charge on any atom is -0.368 e. The summed E-state index contributed by atoms with van der Waals surface area (Å²) in [7, 11) is 3.84. The Labute approximate surface area is 154 Å². The van der Waals surface area contributed by atoms with Gasteiger partial charge in [0.15, 0.2) is 5.82 Å². The number of hydrogen-bond donors (Lipinski definition) is 1. The predicted molar refractivity (Wildman–Crippen MR) is 105 cm³/mol. The Hall–Kier alpha value is -2.47. The number of nitrogens with zero attached hydrogens (tertiary/aromatic N) is 5. The molecule has 2 aliphatic heterocycles. The van der Waals surface area contributed by atoms with Crippen LogP contribution < -0.4 is 10.6 Å². The van der Waals surface area contributed by atoms with Crippen LogP contribution in [-0.4, -0.2) is 46.0 Å². The van der Waals surface area contributed by atoms with Gasteiger partial charge in [-0.05, 0) is 37.3 Å². The Morgan fingerprint density at radius 3 is 2.58 bits per heavy atom. The van der Waals surface area contributed by atoms with Crippen LogP contribution >= 0.6 is 0 Å². The van der Waals surface area contributed by atoms with E-state index in [-0.39, 0.29) is 12.0 Å². The Balaban J connectivity index is 1.62. The van der Waals surface area contributed by atoms with E-state index < -0.39 is 0 Å². The first-order valence-corrected chi connectivity index (χ1v) is 9.25. The van der Waals surface area contributed by atoms with Gasteiger partial charge >= 0.3 is 0 Å². The summed E-state index contributed by atoms with van der Waals surface area (Å²) in [6.07, 6.45) is 5.91. The number of aromatic nitrogens is 3. The van der Waals surface area contributed by atoms with Crippen molar-refractivity contribution in [3.63, 3.8) is 0 Å². The molecule has 4 rings (SSSR count). The third-order valence-electron chi connectivity index (χ3n) is 5.47. The van der Waals surface area contributed by atoms with Crippen molar-refractivity contribution in [3.05, 3.63) is 47.8 Å². The van der Waals surface area contributed by atoms with E-state index in [2.05, 4.69) is 63.2 Å². The molecule has 0 spiro atoms. The maximum absolute atomic E-state index is 5.93. The Morgan fingerprint density at radius 1 is 1.12 bits per heavy atom. The fourth-order valence-corrected chi connectivity index (χ4v) is 4.25. The molecule has 1 aromatic carbocycles. The van der Waals surface area contributed by atoms with Crippen LogP contribution in [0.15, 0.2) is 36.4 Å². The van der Waals surface area contributed by atoms with Crippen molar-refractivity contribution in [1.82, 2.24) is 19.9 Å². The summed E-state index contributed by atoms with van der Waals surface area (Å²) in [5.74, 6) is 1.66. The first kappa shape index (κ1) is 17.0. The number of fused-ring (bicyclic) bond motifs is 2. The van der Waals surface area contributed by atoms with Gasteiger partial charge in [-0.1, -0.05) is 36.4 Å². The van der Waals surface area contributed by atoms with Crippen LogP contribution in [-0.2, 0) is 0 Å². The fourth-order valence-electron chi connectivity index (χ4n) is 4.25. The third-order valence-corrected chi connectivity index (χ3v) is 5.47. The van der Waals surface area contributed by atoms with Gasteiger partial charge in [0.1, 0.15) is 0 Å². The smallest absolute Gasteiger partial charge is 0.229 e. The van der Waals surface area contributed by atoms with Crippen molar-refractivity contribution in [2.75, 3.05) is 24.7 Å². The van der Waals surface area contributed by atoms with Crippen LogP contribution in [0.3, 0.4) is 0 Å². The second-order valence-electron chi connectivity index (χ2n) is 7.43. The van der Waals surface area contributed by atoms with Crippen LogP contribution in [0.25, 0.3) is 5.57 Å². The van der Waals surface area contributed by atoms with Crippen LogP contribution in [0.4, 0.5) is 11.9 Å². The molecule has 3 heterocycles. The highest BCUT2D eigenvalue weighted by atomic mass is 15.3. The zero-order valence-corrected chi connectivity index (χ0v) is 15.6. The highest BCUT2D eigenvalue weighted by molar-refractivity contribution is 5.68. The zero-order valence-electron chi connectivity index (χ0n) is 15.6. The summed E-state index contributed by atoms with van der Waals surface area (Å²) in [4.78, 5) is 17.7. The van der Waals surface area contributed by atoms with Crippen molar-refractivity contribution < 1.29 is 0 Å².